The van der Waals surface area contributed by atoms with Crippen LogP contribution in [0.2, 0.25) is 0 Å². The van der Waals surface area contributed by atoms with Crippen LogP contribution < -0.4 is 0 Å². The zero-order chi connectivity index (χ0) is 8.81. The summed E-state index contributed by atoms with van der Waals surface area (Å²) < 4.78 is 0. The van der Waals surface area contributed by atoms with Crippen LogP contribution in [0.15, 0.2) is 0 Å². The van der Waals surface area contributed by atoms with E-state index in [2.05, 4.69) is 17.8 Å². The summed E-state index contributed by atoms with van der Waals surface area (Å²) in [5.41, 5.74) is 0. The molecule has 0 radical (unpaired) electrons. The number of aliphatic hydroxyl groups is 1. The second-order valence-electron chi connectivity index (χ2n) is 3.31. The quantitative estimate of drug-likeness (QED) is 0.578. The average Bonchev–Trinajstić information content (AvgIpc) is 2.15. The van der Waals surface area contributed by atoms with E-state index < -0.39 is 0 Å². The third-order valence-corrected chi connectivity index (χ3v) is 2.45. The Labute approximate surface area is 74.2 Å². The summed E-state index contributed by atoms with van der Waals surface area (Å²) in [6.07, 6.45) is 9.43. The van der Waals surface area contributed by atoms with Gasteiger partial charge in [-0.3, -0.25) is 0 Å². The summed E-state index contributed by atoms with van der Waals surface area (Å²) in [6, 6.07) is 0. The Morgan fingerprint density at radius 2 is 1.92 bits per heavy atom. The fraction of sp³-hybridized carbons (Fsp3) is 0.636. The van der Waals surface area contributed by atoms with Crippen molar-refractivity contribution in [2.24, 2.45) is 11.8 Å². The molecule has 0 aromatic heterocycles. The van der Waals surface area contributed by atoms with Gasteiger partial charge in [-0.15, -0.1) is 6.42 Å². The van der Waals surface area contributed by atoms with Gasteiger partial charge >= 0.3 is 0 Å². The van der Waals surface area contributed by atoms with Crippen LogP contribution >= 0.6 is 0 Å². The van der Waals surface area contributed by atoms with E-state index in [-0.39, 0.29) is 0 Å². The molecule has 0 aromatic carbocycles. The topological polar surface area (TPSA) is 20.2 Å². The van der Waals surface area contributed by atoms with Crippen LogP contribution in [0.4, 0.5) is 0 Å². The minimum Gasteiger partial charge on any atom is -0.396 e. The smallest absolute Gasteiger partial charge is 0.0459 e. The van der Waals surface area contributed by atoms with Crippen molar-refractivity contribution in [3.63, 3.8) is 0 Å². The fourth-order valence-corrected chi connectivity index (χ4v) is 1.63. The first-order valence-corrected chi connectivity index (χ1v) is 4.43. The van der Waals surface area contributed by atoms with Crippen LogP contribution in [0.3, 0.4) is 0 Å². The van der Waals surface area contributed by atoms with Gasteiger partial charge in [0.15, 0.2) is 0 Å². The molecule has 1 saturated carbocycles. The van der Waals surface area contributed by atoms with Crippen LogP contribution in [0.25, 0.3) is 0 Å². The predicted molar refractivity (Wildman–Crippen MR) is 49.1 cm³/mol. The molecule has 0 heterocycles. The van der Waals surface area contributed by atoms with Gasteiger partial charge in [-0.2, -0.15) is 0 Å². The molecule has 0 spiro atoms. The summed E-state index contributed by atoms with van der Waals surface area (Å²) in [4.78, 5) is 0. The first kappa shape index (κ1) is 9.17. The molecule has 64 valence electrons. The van der Waals surface area contributed by atoms with Crippen LogP contribution in [0, 0.1) is 36.0 Å². The van der Waals surface area contributed by atoms with Crippen LogP contribution in [-0.2, 0) is 0 Å². The largest absolute Gasteiger partial charge is 0.396 e. The number of hydrogen-bond acceptors (Lipinski definition) is 1. The molecule has 0 bridgehead atoms. The van der Waals surface area contributed by atoms with Crippen molar-refractivity contribution in [1.29, 1.82) is 0 Å². The number of hydrogen-bond donors (Lipinski definition) is 1. The lowest BCUT2D eigenvalue weighted by molar-refractivity contribution is 0.179. The van der Waals surface area contributed by atoms with Gasteiger partial charge in [0, 0.05) is 12.5 Å². The Morgan fingerprint density at radius 1 is 1.25 bits per heavy atom. The van der Waals surface area contributed by atoms with Gasteiger partial charge in [0.1, 0.15) is 0 Å². The highest BCUT2D eigenvalue weighted by atomic mass is 16.3. The second-order valence-corrected chi connectivity index (χ2v) is 3.31. The number of terminal acetylenes is 1. The summed E-state index contributed by atoms with van der Waals surface area (Å²) in [6.45, 7) is 0.329. The van der Waals surface area contributed by atoms with Gasteiger partial charge in [-0.25, -0.2) is 0 Å². The van der Waals surface area contributed by atoms with Gasteiger partial charge in [-0.1, -0.05) is 5.92 Å². The van der Waals surface area contributed by atoms with E-state index in [0.29, 0.717) is 18.4 Å². The van der Waals surface area contributed by atoms with E-state index in [1.54, 1.807) is 0 Å². The summed E-state index contributed by atoms with van der Waals surface area (Å²) >= 11 is 0. The molecule has 0 aromatic rings. The van der Waals surface area contributed by atoms with Gasteiger partial charge in [0.25, 0.3) is 0 Å². The highest BCUT2D eigenvalue weighted by molar-refractivity contribution is 5.23. The predicted octanol–water partition coefficient (Wildman–Crippen LogP) is 1.42. The van der Waals surface area contributed by atoms with E-state index in [1.807, 2.05) is 0 Å². The molecule has 1 nitrogen and oxygen atoms in total. The molecule has 0 amide bonds. The molecule has 0 aliphatic heterocycles. The summed E-state index contributed by atoms with van der Waals surface area (Å²) in [7, 11) is 0. The van der Waals surface area contributed by atoms with E-state index in [9.17, 15) is 0 Å². The highest BCUT2D eigenvalue weighted by Crippen LogP contribution is 2.27. The third-order valence-electron chi connectivity index (χ3n) is 2.45. The van der Waals surface area contributed by atoms with Gasteiger partial charge in [0.05, 0.1) is 0 Å². The number of aliphatic hydroxyl groups excluding tert-OH is 1. The Bertz CT molecular complexity index is 218. The molecule has 0 atom stereocenters. The summed E-state index contributed by atoms with van der Waals surface area (Å²) in [5, 5.41) is 8.88. The Hall–Kier alpha value is -0.920. The van der Waals surface area contributed by atoms with Crippen molar-refractivity contribution in [3.05, 3.63) is 0 Å². The van der Waals surface area contributed by atoms with Crippen LogP contribution in [0.5, 0.6) is 0 Å². The molecular weight excluding hydrogens is 148 g/mol. The molecular formula is C11H14O. The number of rotatable bonds is 1. The Kier molecular flexibility index (Phi) is 3.71. The maximum absolute atomic E-state index is 8.88. The lowest BCUT2D eigenvalue weighted by Crippen LogP contribution is -2.16. The second kappa shape index (κ2) is 4.86. The van der Waals surface area contributed by atoms with E-state index >= 15 is 0 Å². The molecule has 1 rings (SSSR count). The molecule has 1 N–H and O–H groups in total. The maximum Gasteiger partial charge on any atom is 0.0459 e. The summed E-state index contributed by atoms with van der Waals surface area (Å²) in [5.74, 6) is 9.03. The van der Waals surface area contributed by atoms with Crippen molar-refractivity contribution < 1.29 is 5.11 Å². The lowest BCUT2D eigenvalue weighted by Gasteiger charge is -2.23. The highest BCUT2D eigenvalue weighted by Gasteiger charge is 2.18. The average molecular weight is 162 g/mol. The van der Waals surface area contributed by atoms with Crippen molar-refractivity contribution in [2.75, 3.05) is 6.61 Å². The molecule has 0 saturated heterocycles. The minimum absolute atomic E-state index is 0.329. The Morgan fingerprint density at radius 3 is 2.42 bits per heavy atom. The van der Waals surface area contributed by atoms with Crippen molar-refractivity contribution in [2.45, 2.75) is 25.7 Å². The molecule has 12 heavy (non-hydrogen) atoms. The first-order chi connectivity index (χ1) is 5.86. The van der Waals surface area contributed by atoms with Crippen LogP contribution in [-0.4, -0.2) is 11.7 Å². The van der Waals surface area contributed by atoms with E-state index in [4.69, 9.17) is 11.5 Å². The van der Waals surface area contributed by atoms with E-state index in [1.165, 1.54) is 0 Å². The first-order valence-electron chi connectivity index (χ1n) is 4.43. The van der Waals surface area contributed by atoms with Crippen LogP contribution in [0.1, 0.15) is 25.7 Å². The standard InChI is InChI=1S/C11H14O/c1-2-3-4-10-5-7-11(9-12)8-6-10/h1,10-12H,5-9H2. The maximum atomic E-state index is 8.88. The molecule has 1 aliphatic rings. The van der Waals surface area contributed by atoms with Crippen molar-refractivity contribution >= 4 is 0 Å². The van der Waals surface area contributed by atoms with Gasteiger partial charge < -0.3 is 5.11 Å². The zero-order valence-electron chi connectivity index (χ0n) is 7.21. The third kappa shape index (κ3) is 2.61. The van der Waals surface area contributed by atoms with Gasteiger partial charge in [-0.05, 0) is 43.4 Å². The molecule has 1 aliphatic carbocycles. The molecule has 1 heteroatoms. The van der Waals surface area contributed by atoms with Crippen molar-refractivity contribution in [3.8, 4) is 24.2 Å². The minimum atomic E-state index is 0.329. The SMILES string of the molecule is C#CC#CC1CCC(CO)CC1. The monoisotopic (exact) mass is 162 g/mol. The van der Waals surface area contributed by atoms with E-state index in [0.717, 1.165) is 25.7 Å². The zero-order valence-corrected chi connectivity index (χ0v) is 7.21. The molecule has 0 unspecified atom stereocenters. The Balaban J connectivity index is 2.32. The molecule has 1 fully saturated rings. The van der Waals surface area contributed by atoms with Gasteiger partial charge in [0.2, 0.25) is 0 Å². The van der Waals surface area contributed by atoms with Crippen molar-refractivity contribution in [1.82, 2.24) is 0 Å². The normalized spacial score (nSPS) is 28.3. The lowest BCUT2D eigenvalue weighted by atomic mass is 9.83. The fourth-order valence-electron chi connectivity index (χ4n) is 1.63.